The number of rotatable bonds is 2. The Morgan fingerprint density at radius 1 is 0.536 bits per heavy atom. The smallest absolute Gasteiger partial charge is 0.392 e. The van der Waals surface area contributed by atoms with Gasteiger partial charge in [-0.1, -0.05) is 12.1 Å². The van der Waals surface area contributed by atoms with Crippen molar-refractivity contribution in [1.82, 2.24) is 0 Å². The summed E-state index contributed by atoms with van der Waals surface area (Å²) in [4.78, 5) is 0. The van der Waals surface area contributed by atoms with Crippen molar-refractivity contribution in [2.24, 2.45) is 0 Å². The van der Waals surface area contributed by atoms with Crippen LogP contribution in [0.2, 0.25) is 0 Å². The van der Waals surface area contributed by atoms with Crippen LogP contribution in [-0.4, -0.2) is 10.2 Å². The van der Waals surface area contributed by atoms with Crippen molar-refractivity contribution in [1.29, 1.82) is 0 Å². The summed E-state index contributed by atoms with van der Waals surface area (Å²) in [6.45, 7) is -1.25. The van der Waals surface area contributed by atoms with E-state index < -0.39 is 47.4 Å². The van der Waals surface area contributed by atoms with Gasteiger partial charge >= 0.3 is 18.5 Å². The van der Waals surface area contributed by atoms with E-state index in [1.807, 2.05) is 0 Å². The van der Waals surface area contributed by atoms with Crippen molar-refractivity contribution in [3.63, 3.8) is 0 Å². The largest absolute Gasteiger partial charge is 0.416 e. The molecular weight excluding hydrogens is 407 g/mol. The van der Waals surface area contributed by atoms with Gasteiger partial charge in [0.1, 0.15) is 0 Å². The topological polar surface area (TPSA) is 40.5 Å². The van der Waals surface area contributed by atoms with Crippen LogP contribution >= 0.6 is 0 Å². The van der Waals surface area contributed by atoms with Crippen molar-refractivity contribution < 1.29 is 49.7 Å². The molecule has 0 unspecified atom stereocenters. The van der Waals surface area contributed by atoms with Crippen molar-refractivity contribution >= 4 is 0 Å². The van der Waals surface area contributed by atoms with E-state index in [0.717, 1.165) is 12.1 Å². The first-order chi connectivity index (χ1) is 12.7. The maximum absolute atomic E-state index is 12.2. The molecule has 0 atom stereocenters. The quantitative estimate of drug-likeness (QED) is 0.638. The summed E-state index contributed by atoms with van der Waals surface area (Å²) >= 11 is 0. The first kappa shape index (κ1) is 23.8. The molecule has 0 bridgehead atoms. The average molecular weight is 420 g/mol. The highest BCUT2D eigenvalue weighted by Gasteiger charge is 2.36. The van der Waals surface area contributed by atoms with Gasteiger partial charge in [0.05, 0.1) is 29.9 Å². The second-order valence-electron chi connectivity index (χ2n) is 5.43. The Morgan fingerprint density at radius 2 is 0.929 bits per heavy atom. The molecule has 0 radical (unpaired) electrons. The van der Waals surface area contributed by atoms with Crippen LogP contribution < -0.4 is 0 Å². The molecule has 0 aliphatic heterocycles. The molecule has 156 valence electrons. The number of aliphatic hydroxyl groups is 2. The summed E-state index contributed by atoms with van der Waals surface area (Å²) in [5.41, 5.74) is -3.74. The van der Waals surface area contributed by atoms with Crippen LogP contribution in [0.4, 0.5) is 39.5 Å². The SMILES string of the molecule is OCc1cc(C(F)(F)F)cc(C(F)(F)F)c1.OCc1cccc(C(F)(F)F)c1. The predicted molar refractivity (Wildman–Crippen MR) is 79.7 cm³/mol. The van der Waals surface area contributed by atoms with Crippen LogP contribution in [-0.2, 0) is 31.7 Å². The Labute approximate surface area is 152 Å². The summed E-state index contributed by atoms with van der Waals surface area (Å²) < 4.78 is 109. The number of hydrogen-bond donors (Lipinski definition) is 2. The molecule has 2 aromatic carbocycles. The average Bonchev–Trinajstić information content (AvgIpc) is 2.59. The van der Waals surface area contributed by atoms with E-state index in [2.05, 4.69) is 0 Å². The normalized spacial score (nSPS) is 12.4. The molecule has 0 saturated carbocycles. The first-order valence-electron chi connectivity index (χ1n) is 7.34. The van der Waals surface area contributed by atoms with Gasteiger partial charge < -0.3 is 10.2 Å². The van der Waals surface area contributed by atoms with Gasteiger partial charge in [0.15, 0.2) is 0 Å². The molecule has 0 aromatic heterocycles. The van der Waals surface area contributed by atoms with Crippen LogP contribution in [0.1, 0.15) is 27.8 Å². The number of alkyl halides is 9. The maximum atomic E-state index is 12.2. The van der Waals surface area contributed by atoms with Crippen LogP contribution in [0, 0.1) is 0 Å². The molecule has 2 rings (SSSR count). The van der Waals surface area contributed by atoms with E-state index in [1.165, 1.54) is 12.1 Å². The highest BCUT2D eigenvalue weighted by molar-refractivity contribution is 5.33. The second-order valence-corrected chi connectivity index (χ2v) is 5.43. The molecule has 0 saturated heterocycles. The summed E-state index contributed by atoms with van der Waals surface area (Å²) in [6, 6.07) is 5.59. The minimum absolute atomic E-state index is 0.0131. The number of aliphatic hydroxyl groups excluding tert-OH is 2. The number of halogens is 9. The van der Waals surface area contributed by atoms with E-state index in [-0.39, 0.29) is 18.2 Å². The van der Waals surface area contributed by atoms with Gasteiger partial charge in [-0.25, -0.2) is 0 Å². The lowest BCUT2D eigenvalue weighted by Crippen LogP contribution is -2.11. The fourth-order valence-electron chi connectivity index (χ4n) is 1.96. The summed E-state index contributed by atoms with van der Waals surface area (Å²) in [7, 11) is 0. The van der Waals surface area contributed by atoms with E-state index in [1.54, 1.807) is 0 Å². The van der Waals surface area contributed by atoms with Crippen molar-refractivity contribution in [2.45, 2.75) is 31.7 Å². The zero-order valence-corrected chi connectivity index (χ0v) is 13.8. The van der Waals surface area contributed by atoms with Gasteiger partial charge in [-0.3, -0.25) is 0 Å². The van der Waals surface area contributed by atoms with Crippen molar-refractivity contribution in [2.75, 3.05) is 0 Å². The van der Waals surface area contributed by atoms with Crippen LogP contribution in [0.3, 0.4) is 0 Å². The fraction of sp³-hybridized carbons (Fsp3) is 0.294. The van der Waals surface area contributed by atoms with Gasteiger partial charge in [0.2, 0.25) is 0 Å². The number of benzene rings is 2. The third kappa shape index (κ3) is 7.04. The van der Waals surface area contributed by atoms with Crippen molar-refractivity contribution in [3.05, 3.63) is 70.3 Å². The van der Waals surface area contributed by atoms with Crippen LogP contribution in [0.15, 0.2) is 42.5 Å². The molecule has 2 nitrogen and oxygen atoms in total. The maximum Gasteiger partial charge on any atom is 0.416 e. The molecular formula is C17H13F9O2. The first-order valence-corrected chi connectivity index (χ1v) is 7.34. The fourth-order valence-corrected chi connectivity index (χ4v) is 1.96. The summed E-state index contributed by atoms with van der Waals surface area (Å²) in [6.07, 6.45) is -14.1. The van der Waals surface area contributed by atoms with E-state index >= 15 is 0 Å². The van der Waals surface area contributed by atoms with Gasteiger partial charge in [-0.15, -0.1) is 0 Å². The van der Waals surface area contributed by atoms with Crippen molar-refractivity contribution in [3.8, 4) is 0 Å². The molecule has 0 spiro atoms. The molecule has 0 fully saturated rings. The Hall–Kier alpha value is -2.27. The lowest BCUT2D eigenvalue weighted by atomic mass is 10.1. The highest BCUT2D eigenvalue weighted by atomic mass is 19.4. The molecule has 0 aliphatic rings. The van der Waals surface area contributed by atoms with E-state index in [0.29, 0.717) is 12.1 Å². The number of hydrogen-bond acceptors (Lipinski definition) is 2. The molecule has 2 N–H and O–H groups in total. The minimum Gasteiger partial charge on any atom is -0.392 e. The molecule has 0 heterocycles. The Bertz CT molecular complexity index is 745. The standard InChI is InChI=1S/C9H6F6O.C8H7F3O/c10-8(11,12)6-1-5(4-16)2-7(3-6)9(13,14)15;9-8(10,11)7-3-1-2-6(4-7)5-12/h1-3,16H,4H2;1-4,12H,5H2. The zero-order chi connectivity index (χ0) is 21.8. The summed E-state index contributed by atoms with van der Waals surface area (Å²) in [5.74, 6) is 0. The van der Waals surface area contributed by atoms with E-state index in [4.69, 9.17) is 10.2 Å². The lowest BCUT2D eigenvalue weighted by Gasteiger charge is -2.13. The minimum atomic E-state index is -4.87. The van der Waals surface area contributed by atoms with E-state index in [9.17, 15) is 39.5 Å². The predicted octanol–water partition coefficient (Wildman–Crippen LogP) is 5.41. The second kappa shape index (κ2) is 8.82. The Kier molecular flexibility index (Phi) is 7.49. The summed E-state index contributed by atoms with van der Waals surface area (Å²) in [5, 5.41) is 17.1. The Balaban J connectivity index is 0.000000292. The highest BCUT2D eigenvalue weighted by Crippen LogP contribution is 2.36. The molecule has 11 heteroatoms. The third-order valence-electron chi connectivity index (χ3n) is 3.27. The van der Waals surface area contributed by atoms with Gasteiger partial charge in [0, 0.05) is 0 Å². The molecule has 0 amide bonds. The molecule has 28 heavy (non-hydrogen) atoms. The van der Waals surface area contributed by atoms with Gasteiger partial charge in [0.25, 0.3) is 0 Å². The molecule has 0 aliphatic carbocycles. The van der Waals surface area contributed by atoms with Gasteiger partial charge in [-0.05, 0) is 41.5 Å². The third-order valence-corrected chi connectivity index (χ3v) is 3.27. The van der Waals surface area contributed by atoms with Crippen LogP contribution in [0.25, 0.3) is 0 Å². The zero-order valence-electron chi connectivity index (χ0n) is 13.8. The monoisotopic (exact) mass is 420 g/mol. The van der Waals surface area contributed by atoms with Crippen LogP contribution in [0.5, 0.6) is 0 Å². The lowest BCUT2D eigenvalue weighted by molar-refractivity contribution is -0.143. The Morgan fingerprint density at radius 3 is 1.29 bits per heavy atom. The molecule has 2 aromatic rings. The van der Waals surface area contributed by atoms with Gasteiger partial charge in [-0.2, -0.15) is 39.5 Å².